The molecule has 0 aliphatic heterocycles. The van der Waals surface area contributed by atoms with Gasteiger partial charge in [0.2, 0.25) is 5.91 Å². The molecule has 8 heteroatoms. The van der Waals surface area contributed by atoms with Gasteiger partial charge in [0.15, 0.2) is 0 Å². The number of aromatic nitrogens is 2. The minimum Gasteiger partial charge on any atom is -0.325 e. The van der Waals surface area contributed by atoms with Crippen LogP contribution in [0.2, 0.25) is 0 Å². The number of aryl methyl sites for hydroxylation is 2. The lowest BCUT2D eigenvalue weighted by atomic mass is 10.1. The highest BCUT2D eigenvalue weighted by atomic mass is 32.2. The van der Waals surface area contributed by atoms with E-state index >= 15 is 0 Å². The lowest BCUT2D eigenvalue weighted by Gasteiger charge is -2.13. The second-order valence-electron chi connectivity index (χ2n) is 7.67. The van der Waals surface area contributed by atoms with E-state index in [1.54, 1.807) is 0 Å². The van der Waals surface area contributed by atoms with Crippen molar-refractivity contribution in [1.82, 2.24) is 14.9 Å². The molecule has 1 aromatic carbocycles. The number of nitrogens with zero attached hydrogens (tertiary/aromatic N) is 2. The fourth-order valence-corrected chi connectivity index (χ4v) is 4.80. The van der Waals surface area contributed by atoms with Gasteiger partial charge in [-0.15, -0.1) is 23.1 Å². The first kappa shape index (κ1) is 22.5. The third-order valence-corrected chi connectivity index (χ3v) is 7.25. The predicted octanol–water partition coefficient (Wildman–Crippen LogP) is 3.97. The number of carbonyl (C=O) groups excluding carboxylic acids is 1. The molecular weight excluding hydrogens is 416 g/mol. The van der Waals surface area contributed by atoms with Crippen LogP contribution in [-0.2, 0) is 17.0 Å². The van der Waals surface area contributed by atoms with Crippen molar-refractivity contribution in [2.75, 3.05) is 26.0 Å². The molecule has 1 atom stereocenters. The van der Waals surface area contributed by atoms with Gasteiger partial charge in [0.1, 0.15) is 10.7 Å². The molecule has 2 heterocycles. The van der Waals surface area contributed by atoms with E-state index in [0.717, 1.165) is 33.9 Å². The van der Waals surface area contributed by atoms with Crippen LogP contribution in [0, 0.1) is 13.8 Å². The summed E-state index contributed by atoms with van der Waals surface area (Å²) >= 11 is 2.99. The zero-order chi connectivity index (χ0) is 21.8. The molecule has 0 saturated heterocycles. The molecule has 0 saturated carbocycles. The monoisotopic (exact) mass is 444 g/mol. The molecule has 1 amide bonds. The SMILES string of the molecule is Cc1sc2nc(CSC(C)C(=O)Nc3ccc(CCN(C)C)cc3)[nH]c(=O)c2c1C. The Morgan fingerprint density at radius 1 is 1.27 bits per heavy atom. The van der Waals surface area contributed by atoms with Crippen LogP contribution in [0.15, 0.2) is 29.1 Å². The maximum absolute atomic E-state index is 12.5. The summed E-state index contributed by atoms with van der Waals surface area (Å²) in [5, 5.41) is 3.36. The minimum absolute atomic E-state index is 0.0627. The Kier molecular flexibility index (Phi) is 7.33. The maximum Gasteiger partial charge on any atom is 0.259 e. The lowest BCUT2D eigenvalue weighted by Crippen LogP contribution is -2.23. The lowest BCUT2D eigenvalue weighted by molar-refractivity contribution is -0.115. The summed E-state index contributed by atoms with van der Waals surface area (Å²) in [6, 6.07) is 7.97. The van der Waals surface area contributed by atoms with Gasteiger partial charge in [-0.1, -0.05) is 12.1 Å². The Hall–Kier alpha value is -2.16. The molecule has 0 radical (unpaired) electrons. The van der Waals surface area contributed by atoms with E-state index in [2.05, 4.69) is 34.3 Å². The van der Waals surface area contributed by atoms with Crippen LogP contribution in [0.25, 0.3) is 10.2 Å². The quantitative estimate of drug-likeness (QED) is 0.550. The van der Waals surface area contributed by atoms with E-state index in [1.165, 1.54) is 28.7 Å². The van der Waals surface area contributed by atoms with Crippen molar-refractivity contribution in [3.05, 3.63) is 56.4 Å². The van der Waals surface area contributed by atoms with Gasteiger partial charge >= 0.3 is 0 Å². The van der Waals surface area contributed by atoms with Gasteiger partial charge in [-0.25, -0.2) is 4.98 Å². The summed E-state index contributed by atoms with van der Waals surface area (Å²) in [4.78, 5) is 36.4. The van der Waals surface area contributed by atoms with Gasteiger partial charge in [0.25, 0.3) is 5.56 Å². The standard InChI is InChI=1S/C22H28N4O2S2/c1-13-14(2)30-22-19(13)21(28)24-18(25-22)12-29-15(3)20(27)23-17-8-6-16(7-9-17)10-11-26(4)5/h6-9,15H,10-12H2,1-5H3,(H,23,27)(H,24,25,28). The van der Waals surface area contributed by atoms with Crippen molar-refractivity contribution in [2.24, 2.45) is 0 Å². The molecule has 3 aromatic rings. The number of benzene rings is 1. The number of aromatic amines is 1. The fraction of sp³-hybridized carbons (Fsp3) is 0.409. The first-order chi connectivity index (χ1) is 14.2. The zero-order valence-electron chi connectivity index (χ0n) is 18.0. The van der Waals surface area contributed by atoms with Gasteiger partial charge < -0.3 is 15.2 Å². The average molecular weight is 445 g/mol. The Balaban J connectivity index is 1.57. The molecule has 2 aromatic heterocycles. The number of hydrogen-bond acceptors (Lipinski definition) is 6. The largest absolute Gasteiger partial charge is 0.325 e. The van der Waals surface area contributed by atoms with Crippen molar-refractivity contribution in [1.29, 1.82) is 0 Å². The van der Waals surface area contributed by atoms with Crippen LogP contribution in [-0.4, -0.2) is 46.7 Å². The highest BCUT2D eigenvalue weighted by Crippen LogP contribution is 2.26. The Bertz CT molecular complexity index is 1090. The topological polar surface area (TPSA) is 78.1 Å². The second-order valence-corrected chi connectivity index (χ2v) is 10.2. The third kappa shape index (κ3) is 5.50. The van der Waals surface area contributed by atoms with Crippen molar-refractivity contribution >= 4 is 44.9 Å². The fourth-order valence-electron chi connectivity index (χ4n) is 3.00. The molecule has 160 valence electrons. The van der Waals surface area contributed by atoms with E-state index in [4.69, 9.17) is 0 Å². The molecule has 0 aliphatic carbocycles. The molecule has 0 spiro atoms. The van der Waals surface area contributed by atoms with Gasteiger partial charge in [-0.3, -0.25) is 9.59 Å². The van der Waals surface area contributed by atoms with Gasteiger partial charge in [0.05, 0.1) is 16.4 Å². The molecule has 2 N–H and O–H groups in total. The number of amides is 1. The number of carbonyl (C=O) groups is 1. The highest BCUT2D eigenvalue weighted by Gasteiger charge is 2.16. The number of rotatable bonds is 8. The summed E-state index contributed by atoms with van der Waals surface area (Å²) in [5.41, 5.74) is 2.92. The first-order valence-corrected chi connectivity index (χ1v) is 11.8. The predicted molar refractivity (Wildman–Crippen MR) is 128 cm³/mol. The van der Waals surface area contributed by atoms with Crippen molar-refractivity contribution in [3.63, 3.8) is 0 Å². The van der Waals surface area contributed by atoms with E-state index in [-0.39, 0.29) is 16.7 Å². The van der Waals surface area contributed by atoms with E-state index in [9.17, 15) is 9.59 Å². The number of hydrogen-bond donors (Lipinski definition) is 2. The Morgan fingerprint density at radius 3 is 2.63 bits per heavy atom. The molecule has 0 bridgehead atoms. The van der Waals surface area contributed by atoms with E-state index < -0.39 is 0 Å². The number of thioether (sulfide) groups is 1. The van der Waals surface area contributed by atoms with Crippen LogP contribution in [0.1, 0.15) is 28.8 Å². The van der Waals surface area contributed by atoms with Crippen molar-refractivity contribution in [3.8, 4) is 0 Å². The second kappa shape index (κ2) is 9.76. The zero-order valence-corrected chi connectivity index (χ0v) is 19.7. The number of fused-ring (bicyclic) bond motifs is 1. The molecule has 3 rings (SSSR count). The molecule has 0 aliphatic rings. The summed E-state index contributed by atoms with van der Waals surface area (Å²) < 4.78 is 0. The molecule has 0 fully saturated rings. The van der Waals surface area contributed by atoms with Gasteiger partial charge in [-0.2, -0.15) is 0 Å². The number of nitrogens with one attached hydrogen (secondary N) is 2. The molecular formula is C22H28N4O2S2. The third-order valence-electron chi connectivity index (χ3n) is 5.00. The van der Waals surface area contributed by atoms with Gasteiger partial charge in [0, 0.05) is 17.1 Å². The Morgan fingerprint density at radius 2 is 1.97 bits per heavy atom. The van der Waals surface area contributed by atoms with Gasteiger partial charge in [-0.05, 0) is 64.5 Å². The highest BCUT2D eigenvalue weighted by molar-refractivity contribution is 7.99. The van der Waals surface area contributed by atoms with Crippen LogP contribution >= 0.6 is 23.1 Å². The summed E-state index contributed by atoms with van der Waals surface area (Å²) in [6.07, 6.45) is 0.978. The number of likely N-dealkylation sites (N-methyl/N-ethyl adjacent to an activating group) is 1. The molecule has 6 nitrogen and oxygen atoms in total. The average Bonchev–Trinajstić information content (AvgIpc) is 2.99. The summed E-state index contributed by atoms with van der Waals surface area (Å²) in [7, 11) is 4.11. The molecule has 1 unspecified atom stereocenters. The summed E-state index contributed by atoms with van der Waals surface area (Å²) in [6.45, 7) is 6.80. The van der Waals surface area contributed by atoms with Crippen molar-refractivity contribution in [2.45, 2.75) is 38.2 Å². The maximum atomic E-state index is 12.5. The smallest absolute Gasteiger partial charge is 0.259 e. The number of thiophene rings is 1. The van der Waals surface area contributed by atoms with Crippen LogP contribution in [0.3, 0.4) is 0 Å². The molecule has 30 heavy (non-hydrogen) atoms. The van der Waals surface area contributed by atoms with Crippen LogP contribution in [0.5, 0.6) is 0 Å². The van der Waals surface area contributed by atoms with E-state index in [1.807, 2.05) is 45.0 Å². The van der Waals surface area contributed by atoms with Crippen LogP contribution in [0.4, 0.5) is 5.69 Å². The summed E-state index contributed by atoms with van der Waals surface area (Å²) in [5.74, 6) is 1.01. The van der Waals surface area contributed by atoms with Crippen molar-refractivity contribution < 1.29 is 4.79 Å². The number of H-pyrrole nitrogens is 1. The first-order valence-electron chi connectivity index (χ1n) is 9.89. The Labute approximate surface area is 185 Å². The van der Waals surface area contributed by atoms with Crippen LogP contribution < -0.4 is 10.9 Å². The normalized spacial score (nSPS) is 12.5. The number of anilines is 1. The minimum atomic E-state index is -0.272. The van der Waals surface area contributed by atoms with E-state index in [0.29, 0.717) is 17.0 Å².